The van der Waals surface area contributed by atoms with Gasteiger partial charge in [-0.15, -0.1) is 0 Å². The number of rotatable bonds is 7. The first-order valence-electron chi connectivity index (χ1n) is 8.49. The van der Waals surface area contributed by atoms with Crippen LogP contribution in [0.3, 0.4) is 0 Å². The summed E-state index contributed by atoms with van der Waals surface area (Å²) in [5.74, 6) is 1.83. The summed E-state index contributed by atoms with van der Waals surface area (Å²) in [5, 5.41) is 2.86. The van der Waals surface area contributed by atoms with Gasteiger partial charge in [0.2, 0.25) is 0 Å². The lowest BCUT2D eigenvalue weighted by Gasteiger charge is -2.11. The third-order valence-electron chi connectivity index (χ3n) is 3.98. The predicted octanol–water partition coefficient (Wildman–Crippen LogP) is 4.54. The van der Waals surface area contributed by atoms with Gasteiger partial charge in [-0.05, 0) is 29.8 Å². The van der Waals surface area contributed by atoms with Crippen molar-refractivity contribution in [3.05, 3.63) is 83.9 Å². The molecular weight excluding hydrogens is 342 g/mol. The fraction of sp³-hybridized carbons (Fsp3) is 0.136. The molecule has 0 bridgehead atoms. The van der Waals surface area contributed by atoms with E-state index >= 15 is 0 Å². The smallest absolute Gasteiger partial charge is 0.255 e. The van der Waals surface area contributed by atoms with Gasteiger partial charge in [-0.2, -0.15) is 0 Å². The Morgan fingerprint density at radius 3 is 2.00 bits per heavy atom. The minimum atomic E-state index is -0.147. The second-order valence-corrected chi connectivity index (χ2v) is 5.85. The molecule has 0 saturated carbocycles. The molecule has 1 N–H and O–H groups in total. The third kappa shape index (κ3) is 5.01. The molecule has 0 spiro atoms. The first kappa shape index (κ1) is 18.3. The van der Waals surface area contributed by atoms with Gasteiger partial charge in [-0.1, -0.05) is 30.3 Å². The standard InChI is InChI=1S/C22H21NO4/c1-25-19-12-20(26-2)14-21(13-19)27-15-16-8-10-17(11-9-16)22(24)23-18-6-4-3-5-7-18/h3-14H,15H2,1-2H3,(H,23,24). The third-order valence-corrected chi connectivity index (χ3v) is 3.98. The number of ether oxygens (including phenoxy) is 3. The Morgan fingerprint density at radius 1 is 0.815 bits per heavy atom. The topological polar surface area (TPSA) is 56.8 Å². The molecule has 0 unspecified atom stereocenters. The average Bonchev–Trinajstić information content (AvgIpc) is 2.73. The van der Waals surface area contributed by atoms with Crippen molar-refractivity contribution in [1.29, 1.82) is 0 Å². The Balaban J connectivity index is 1.62. The Hall–Kier alpha value is -3.47. The Bertz CT molecular complexity index is 870. The van der Waals surface area contributed by atoms with Crippen molar-refractivity contribution in [1.82, 2.24) is 0 Å². The number of carbonyl (C=O) groups is 1. The summed E-state index contributed by atoms with van der Waals surface area (Å²) in [6.07, 6.45) is 0. The highest BCUT2D eigenvalue weighted by atomic mass is 16.5. The first-order valence-corrected chi connectivity index (χ1v) is 8.49. The molecule has 0 aliphatic heterocycles. The zero-order valence-electron chi connectivity index (χ0n) is 15.3. The molecule has 5 nitrogen and oxygen atoms in total. The minimum Gasteiger partial charge on any atom is -0.496 e. The lowest BCUT2D eigenvalue weighted by molar-refractivity contribution is 0.102. The normalized spacial score (nSPS) is 10.1. The van der Waals surface area contributed by atoms with Gasteiger partial charge in [0.25, 0.3) is 5.91 Å². The molecule has 0 radical (unpaired) electrons. The van der Waals surface area contributed by atoms with E-state index in [1.807, 2.05) is 42.5 Å². The Kier molecular flexibility index (Phi) is 5.94. The molecule has 5 heteroatoms. The largest absolute Gasteiger partial charge is 0.496 e. The number of carbonyl (C=O) groups excluding carboxylic acids is 1. The molecule has 0 fully saturated rings. The van der Waals surface area contributed by atoms with Crippen LogP contribution in [-0.2, 0) is 6.61 Å². The molecule has 3 aromatic carbocycles. The number of hydrogen-bond donors (Lipinski definition) is 1. The van der Waals surface area contributed by atoms with Crippen LogP contribution >= 0.6 is 0 Å². The highest BCUT2D eigenvalue weighted by molar-refractivity contribution is 6.04. The molecule has 3 rings (SSSR count). The number of hydrogen-bond acceptors (Lipinski definition) is 4. The van der Waals surface area contributed by atoms with E-state index in [-0.39, 0.29) is 5.91 Å². The maximum Gasteiger partial charge on any atom is 0.255 e. The lowest BCUT2D eigenvalue weighted by Crippen LogP contribution is -2.11. The Morgan fingerprint density at radius 2 is 1.41 bits per heavy atom. The highest BCUT2D eigenvalue weighted by Gasteiger charge is 2.07. The minimum absolute atomic E-state index is 0.147. The van der Waals surface area contributed by atoms with E-state index in [9.17, 15) is 4.79 Å². The van der Waals surface area contributed by atoms with Gasteiger partial charge in [0.05, 0.1) is 14.2 Å². The van der Waals surface area contributed by atoms with Crippen molar-refractivity contribution in [3.63, 3.8) is 0 Å². The lowest BCUT2D eigenvalue weighted by atomic mass is 10.1. The number of amides is 1. The molecule has 0 aliphatic rings. The van der Waals surface area contributed by atoms with Crippen molar-refractivity contribution < 1.29 is 19.0 Å². The SMILES string of the molecule is COc1cc(OC)cc(OCc2ccc(C(=O)Nc3ccccc3)cc2)c1. The molecule has 27 heavy (non-hydrogen) atoms. The van der Waals surface area contributed by atoms with E-state index in [2.05, 4.69) is 5.32 Å². The van der Waals surface area contributed by atoms with Gasteiger partial charge in [0, 0.05) is 29.4 Å². The quantitative estimate of drug-likeness (QED) is 0.670. The number of para-hydroxylation sites is 1. The van der Waals surface area contributed by atoms with E-state index in [4.69, 9.17) is 14.2 Å². The number of methoxy groups -OCH3 is 2. The molecule has 138 valence electrons. The summed E-state index contributed by atoms with van der Waals surface area (Å²) in [6, 6.07) is 22.0. The fourth-order valence-corrected chi connectivity index (χ4v) is 2.51. The highest BCUT2D eigenvalue weighted by Crippen LogP contribution is 2.28. The molecule has 1 amide bonds. The van der Waals surface area contributed by atoms with Gasteiger partial charge in [0.15, 0.2) is 0 Å². The average molecular weight is 363 g/mol. The Labute approximate surface area is 158 Å². The van der Waals surface area contributed by atoms with Crippen molar-refractivity contribution in [3.8, 4) is 17.2 Å². The van der Waals surface area contributed by atoms with Crippen LogP contribution in [0, 0.1) is 0 Å². The summed E-state index contributed by atoms with van der Waals surface area (Å²) >= 11 is 0. The van der Waals surface area contributed by atoms with E-state index < -0.39 is 0 Å². The maximum atomic E-state index is 12.3. The first-order chi connectivity index (χ1) is 13.2. The number of benzene rings is 3. The van der Waals surface area contributed by atoms with Gasteiger partial charge in [0.1, 0.15) is 23.9 Å². The predicted molar refractivity (Wildman–Crippen MR) is 105 cm³/mol. The fourth-order valence-electron chi connectivity index (χ4n) is 2.51. The molecule has 0 aliphatic carbocycles. The molecule has 0 heterocycles. The van der Waals surface area contributed by atoms with Gasteiger partial charge in [-0.25, -0.2) is 0 Å². The van der Waals surface area contributed by atoms with E-state index in [1.165, 1.54) is 0 Å². The number of anilines is 1. The van der Waals surface area contributed by atoms with Crippen LogP contribution in [0.5, 0.6) is 17.2 Å². The van der Waals surface area contributed by atoms with Crippen molar-refractivity contribution in [2.45, 2.75) is 6.61 Å². The van der Waals surface area contributed by atoms with Crippen molar-refractivity contribution in [2.75, 3.05) is 19.5 Å². The molecule has 0 saturated heterocycles. The monoisotopic (exact) mass is 363 g/mol. The van der Waals surface area contributed by atoms with Gasteiger partial charge < -0.3 is 19.5 Å². The van der Waals surface area contributed by atoms with E-state index in [0.29, 0.717) is 29.4 Å². The van der Waals surface area contributed by atoms with Crippen molar-refractivity contribution >= 4 is 11.6 Å². The zero-order valence-corrected chi connectivity index (χ0v) is 15.3. The number of nitrogens with one attached hydrogen (secondary N) is 1. The molecule has 0 atom stereocenters. The molecule has 0 aromatic heterocycles. The van der Waals surface area contributed by atoms with Gasteiger partial charge >= 0.3 is 0 Å². The van der Waals surface area contributed by atoms with E-state index in [1.54, 1.807) is 44.6 Å². The second-order valence-electron chi connectivity index (χ2n) is 5.85. The summed E-state index contributed by atoms with van der Waals surface area (Å²) in [5.41, 5.74) is 2.31. The summed E-state index contributed by atoms with van der Waals surface area (Å²) in [7, 11) is 3.19. The van der Waals surface area contributed by atoms with Crippen LogP contribution in [0.25, 0.3) is 0 Å². The van der Waals surface area contributed by atoms with Crippen LogP contribution in [0.4, 0.5) is 5.69 Å². The summed E-state index contributed by atoms with van der Waals surface area (Å²) < 4.78 is 16.3. The summed E-state index contributed by atoms with van der Waals surface area (Å²) in [6.45, 7) is 0.372. The van der Waals surface area contributed by atoms with Crippen LogP contribution in [0.1, 0.15) is 15.9 Å². The van der Waals surface area contributed by atoms with Crippen molar-refractivity contribution in [2.24, 2.45) is 0 Å². The van der Waals surface area contributed by atoms with Crippen LogP contribution in [0.15, 0.2) is 72.8 Å². The zero-order chi connectivity index (χ0) is 19.1. The molecule has 3 aromatic rings. The summed E-state index contributed by atoms with van der Waals surface area (Å²) in [4.78, 5) is 12.3. The van der Waals surface area contributed by atoms with Gasteiger partial charge in [-0.3, -0.25) is 4.79 Å². The van der Waals surface area contributed by atoms with E-state index in [0.717, 1.165) is 11.3 Å². The maximum absolute atomic E-state index is 12.3. The van der Waals surface area contributed by atoms with Crippen LogP contribution in [-0.4, -0.2) is 20.1 Å². The second kappa shape index (κ2) is 8.76. The van der Waals surface area contributed by atoms with Crippen LogP contribution < -0.4 is 19.5 Å². The molecular formula is C22H21NO4. The van der Waals surface area contributed by atoms with Crippen LogP contribution in [0.2, 0.25) is 0 Å².